The molecule has 0 spiro atoms. The molecule has 0 saturated heterocycles. The second-order valence-electron chi connectivity index (χ2n) is 22.6. The van der Waals surface area contributed by atoms with Crippen LogP contribution in [-0.2, 0) is 9.59 Å². The molecule has 4 aliphatic carbocycles. The zero-order valence-electron chi connectivity index (χ0n) is 51.0. The lowest BCUT2D eigenvalue weighted by molar-refractivity contribution is -0.110. The van der Waals surface area contributed by atoms with Crippen LogP contribution in [-0.4, -0.2) is 11.6 Å². The number of ether oxygens (including phenoxy) is 1. The van der Waals surface area contributed by atoms with Gasteiger partial charge in [0, 0.05) is 78.3 Å². The molecule has 14 rings (SSSR count). The van der Waals surface area contributed by atoms with Gasteiger partial charge in [0.05, 0.1) is 0 Å². The summed E-state index contributed by atoms with van der Waals surface area (Å²) in [4.78, 5) is 31.0. The Labute approximate surface area is 545 Å². The number of rotatable bonds is 11. The van der Waals surface area contributed by atoms with Gasteiger partial charge in [-0.3, -0.25) is 9.59 Å². The number of benzene rings is 10. The van der Waals surface area contributed by atoms with Gasteiger partial charge in [0.1, 0.15) is 11.5 Å². The quantitative estimate of drug-likeness (QED) is 0.121. The highest BCUT2D eigenvalue weighted by Gasteiger charge is 2.38. The van der Waals surface area contributed by atoms with Gasteiger partial charge in [0.15, 0.2) is 11.6 Å². The first-order valence-corrected chi connectivity index (χ1v) is 31.1. The summed E-state index contributed by atoms with van der Waals surface area (Å²) < 4.78 is 6.72. The van der Waals surface area contributed by atoms with E-state index in [-0.39, 0.29) is 17.5 Å². The van der Waals surface area contributed by atoms with Gasteiger partial charge in [-0.2, -0.15) is 0 Å². The Balaban J connectivity index is 0.00000390. The highest BCUT2D eigenvalue weighted by atomic mass is 16.5. The molecular formula is C90H60O3. The summed E-state index contributed by atoms with van der Waals surface area (Å²) in [6, 6.07) is 91.2. The minimum atomic E-state index is -0.0432. The minimum Gasteiger partial charge on any atom is -0.457 e. The fourth-order valence-corrected chi connectivity index (χ4v) is 12.2. The molecule has 0 amide bonds. The molecule has 0 saturated carbocycles. The molecule has 0 fully saturated rings. The molecule has 10 aromatic rings. The first-order valence-electron chi connectivity index (χ1n) is 31.1. The van der Waals surface area contributed by atoms with Gasteiger partial charge in [-0.25, -0.2) is 0 Å². The van der Waals surface area contributed by atoms with E-state index in [1.54, 1.807) is 0 Å². The maximum atomic E-state index is 15.5. The van der Waals surface area contributed by atoms with Crippen molar-refractivity contribution in [2.45, 2.75) is 19.3 Å². The predicted molar refractivity (Wildman–Crippen MR) is 382 cm³/mol. The Morgan fingerprint density at radius 2 is 0.656 bits per heavy atom. The van der Waals surface area contributed by atoms with Gasteiger partial charge in [-0.15, -0.1) is 12.8 Å². The molecule has 0 heterocycles. The number of hydrogen-bond acceptors (Lipinski definition) is 3. The van der Waals surface area contributed by atoms with E-state index in [0.717, 1.165) is 119 Å². The number of terminal acetylenes is 1. The van der Waals surface area contributed by atoms with Crippen molar-refractivity contribution in [1.29, 1.82) is 0 Å². The van der Waals surface area contributed by atoms with E-state index >= 15 is 9.59 Å². The third kappa shape index (κ3) is 13.2. The van der Waals surface area contributed by atoms with E-state index in [1.165, 1.54) is 0 Å². The van der Waals surface area contributed by atoms with Crippen LogP contribution in [0, 0.1) is 54.3 Å². The zero-order chi connectivity index (χ0) is 63.3. The van der Waals surface area contributed by atoms with Gasteiger partial charge in [0.2, 0.25) is 0 Å². The molecule has 1 atom stereocenters. The molecule has 3 nitrogen and oxygen atoms in total. The van der Waals surface area contributed by atoms with Crippen molar-refractivity contribution in [2.24, 2.45) is 5.92 Å². The molecular weight excluding hydrogens is 1130 g/mol. The van der Waals surface area contributed by atoms with Crippen LogP contribution in [0.25, 0.3) is 50.1 Å². The van der Waals surface area contributed by atoms with Crippen molar-refractivity contribution in [3.8, 4) is 71.0 Å². The van der Waals surface area contributed by atoms with Crippen molar-refractivity contribution in [3.63, 3.8) is 0 Å². The highest BCUT2D eigenvalue weighted by molar-refractivity contribution is 6.59. The van der Waals surface area contributed by atoms with Crippen LogP contribution in [0.3, 0.4) is 0 Å². The SMILES string of the molecule is C#C.O=C1C(C2=CCC(C#Cc3ccccc3)C=C2)=C(c2ccc(Oc3ccc(C4=C(c5ccc(-c6ccccc6)cc5)C(=O)C(c5ccccc5)=C4c4ccc(C#CC5=CCCC=C5)cc4)cc3)cc2)C(c2ccc(C#Cc3ccccc3)cc2)=C1c1ccccc1. The molecule has 0 aromatic heterocycles. The number of Topliss-reactive ketones (excluding diaryl/α,β-unsaturated/α-hetero) is 2. The predicted octanol–water partition coefficient (Wildman–Crippen LogP) is 20.0. The molecule has 1 unspecified atom stereocenters. The second kappa shape index (κ2) is 27.9. The van der Waals surface area contributed by atoms with E-state index < -0.39 is 0 Å². The first kappa shape index (κ1) is 59.5. The largest absolute Gasteiger partial charge is 0.457 e. The summed E-state index contributed by atoms with van der Waals surface area (Å²) >= 11 is 0. The van der Waals surface area contributed by atoms with E-state index in [2.05, 4.69) is 170 Å². The zero-order valence-corrected chi connectivity index (χ0v) is 51.0. The van der Waals surface area contributed by atoms with E-state index in [4.69, 9.17) is 4.74 Å². The van der Waals surface area contributed by atoms with Crippen LogP contribution in [0.1, 0.15) is 80.5 Å². The number of allylic oxidation sites excluding steroid dienone is 16. The molecule has 4 aliphatic rings. The maximum Gasteiger partial charge on any atom is 0.195 e. The van der Waals surface area contributed by atoms with E-state index in [9.17, 15) is 0 Å². The monoisotopic (exact) mass is 1190 g/mol. The normalized spacial score (nSPS) is 14.8. The highest BCUT2D eigenvalue weighted by Crippen LogP contribution is 2.52. The molecule has 3 heteroatoms. The molecule has 0 aliphatic heterocycles. The van der Waals surface area contributed by atoms with Crippen LogP contribution < -0.4 is 4.74 Å². The standard InChI is InChI=1S/C88H58O3.C2H2/c89-87-83(69-27-15-5-16-28-69)79(71-43-37-64(38-44-71)34-31-61-19-7-1-8-20-61)81(85(87)75-47-41-66(42-48-75)36-33-63-23-11-3-12-24-63)73-53-57-77(58-54-73)91-78-59-55-74(56-60-78)82-80(72-45-39-65(40-46-72)35-32-62-21-9-2-10-22-62)84(70-29-17-6-18-30-70)88(90)86(82)76-51-49-68(50-52-76)67-25-13-4-14-26-67;1-2/h1,3-9,11-30,37-41,43-60,66H,2,10,42H2;1-2H. The Morgan fingerprint density at radius 3 is 1.10 bits per heavy atom. The lowest BCUT2D eigenvalue weighted by atomic mass is 9.86. The van der Waals surface area contributed by atoms with E-state index in [0.29, 0.717) is 40.2 Å². The average molecular weight is 1190 g/mol. The third-order valence-electron chi connectivity index (χ3n) is 16.7. The second-order valence-corrected chi connectivity index (χ2v) is 22.6. The van der Waals surface area contributed by atoms with Crippen LogP contribution in [0.5, 0.6) is 11.5 Å². The first-order chi connectivity index (χ1) is 46.0. The smallest absolute Gasteiger partial charge is 0.195 e. The van der Waals surface area contributed by atoms with E-state index in [1.807, 2.05) is 188 Å². The molecule has 0 radical (unpaired) electrons. The van der Waals surface area contributed by atoms with Crippen LogP contribution in [0.15, 0.2) is 326 Å². The fourth-order valence-electron chi connectivity index (χ4n) is 12.2. The Hall–Kier alpha value is -12.5. The summed E-state index contributed by atoms with van der Waals surface area (Å²) in [5, 5.41) is 0. The van der Waals surface area contributed by atoms with Gasteiger partial charge in [0.25, 0.3) is 0 Å². The maximum absolute atomic E-state index is 15.5. The number of carbonyl (C=O) groups excluding carboxylic acids is 2. The number of ketones is 2. The van der Waals surface area contributed by atoms with Crippen molar-refractivity contribution in [2.75, 3.05) is 0 Å². The van der Waals surface area contributed by atoms with Crippen molar-refractivity contribution >= 4 is 50.6 Å². The van der Waals surface area contributed by atoms with Crippen molar-refractivity contribution in [3.05, 3.63) is 387 Å². The summed E-state index contributed by atoms with van der Waals surface area (Å²) in [5.74, 6) is 21.3. The Kier molecular flexibility index (Phi) is 17.8. The van der Waals surface area contributed by atoms with Gasteiger partial charge in [-0.05, 0) is 148 Å². The average Bonchev–Trinajstić information content (AvgIpc) is 1.62. The van der Waals surface area contributed by atoms with Gasteiger partial charge < -0.3 is 4.74 Å². The summed E-state index contributed by atoms with van der Waals surface area (Å²) in [5.41, 5.74) is 19.7. The van der Waals surface area contributed by atoms with Gasteiger partial charge >= 0.3 is 0 Å². The van der Waals surface area contributed by atoms with Crippen molar-refractivity contribution < 1.29 is 14.3 Å². The van der Waals surface area contributed by atoms with Crippen LogP contribution in [0.2, 0.25) is 0 Å². The lowest BCUT2D eigenvalue weighted by Gasteiger charge is -2.17. The lowest BCUT2D eigenvalue weighted by Crippen LogP contribution is -2.07. The summed E-state index contributed by atoms with van der Waals surface area (Å²) in [7, 11) is 0. The third-order valence-corrected chi connectivity index (χ3v) is 16.7. The summed E-state index contributed by atoms with van der Waals surface area (Å²) in [6.45, 7) is 0. The number of carbonyl (C=O) groups is 2. The molecule has 0 N–H and O–H groups in total. The number of hydrogen-bond donors (Lipinski definition) is 0. The topological polar surface area (TPSA) is 43.4 Å². The molecule has 438 valence electrons. The molecule has 10 aromatic carbocycles. The fraction of sp³-hybridized carbons (Fsp3) is 0.0444. The Morgan fingerprint density at radius 1 is 0.312 bits per heavy atom. The van der Waals surface area contributed by atoms with Gasteiger partial charge in [-0.1, -0.05) is 272 Å². The molecule has 0 bridgehead atoms. The minimum absolute atomic E-state index is 0.00646. The molecule has 93 heavy (non-hydrogen) atoms. The summed E-state index contributed by atoms with van der Waals surface area (Å²) in [6.07, 6.45) is 23.5. The Bertz CT molecular complexity index is 4960. The van der Waals surface area contributed by atoms with Crippen LogP contribution >= 0.6 is 0 Å². The van der Waals surface area contributed by atoms with Crippen LogP contribution in [0.4, 0.5) is 0 Å². The van der Waals surface area contributed by atoms with Crippen molar-refractivity contribution in [1.82, 2.24) is 0 Å².